The zero-order chi connectivity index (χ0) is 16.0. The number of carbonyl (C=O) groups excluding carboxylic acids is 2. The van der Waals surface area contributed by atoms with Crippen molar-refractivity contribution in [1.29, 1.82) is 0 Å². The summed E-state index contributed by atoms with van der Waals surface area (Å²) in [6.45, 7) is 2.06. The van der Waals surface area contributed by atoms with Crippen LogP contribution >= 0.6 is 11.8 Å². The molecule has 2 amide bonds. The third-order valence-electron chi connectivity index (χ3n) is 4.76. The van der Waals surface area contributed by atoms with Crippen LogP contribution in [0.25, 0.3) is 10.8 Å². The molecule has 0 spiro atoms. The van der Waals surface area contributed by atoms with E-state index >= 15 is 0 Å². The fraction of sp³-hybridized carbons (Fsp3) is 0.333. The fourth-order valence-corrected chi connectivity index (χ4v) is 4.94. The minimum Gasteiger partial charge on any atom is -0.324 e. The Balaban J connectivity index is 1.56. The highest BCUT2D eigenvalue weighted by molar-refractivity contribution is 8.01. The molecule has 0 aliphatic carbocycles. The molecule has 2 aliphatic heterocycles. The molecule has 2 saturated heterocycles. The van der Waals surface area contributed by atoms with E-state index in [0.717, 1.165) is 22.9 Å². The predicted octanol–water partition coefficient (Wildman–Crippen LogP) is 3.23. The maximum Gasteiger partial charge on any atom is 0.248 e. The third-order valence-corrected chi connectivity index (χ3v) is 6.27. The SMILES string of the molecule is C[C@]12CCC(=O)N1[C@@H](C(=O)Nc1ccc3ccccc3c1)CS2. The molecule has 4 nitrogen and oxygen atoms in total. The number of carbonyl (C=O) groups is 2. The number of hydrogen-bond acceptors (Lipinski definition) is 3. The summed E-state index contributed by atoms with van der Waals surface area (Å²) in [6, 6.07) is 13.6. The molecule has 2 aliphatic rings. The summed E-state index contributed by atoms with van der Waals surface area (Å²) in [5.74, 6) is 0.671. The van der Waals surface area contributed by atoms with E-state index in [4.69, 9.17) is 0 Å². The molecule has 118 valence electrons. The van der Waals surface area contributed by atoms with Crippen molar-refractivity contribution in [3.8, 4) is 0 Å². The first-order valence-electron chi connectivity index (χ1n) is 7.83. The van der Waals surface area contributed by atoms with Crippen LogP contribution in [-0.4, -0.2) is 33.4 Å². The van der Waals surface area contributed by atoms with Crippen molar-refractivity contribution < 1.29 is 9.59 Å². The lowest BCUT2D eigenvalue weighted by atomic mass is 10.1. The molecule has 5 heteroatoms. The molecule has 0 saturated carbocycles. The Morgan fingerprint density at radius 3 is 2.87 bits per heavy atom. The number of fused-ring (bicyclic) bond motifs is 2. The molecule has 2 aromatic rings. The molecule has 1 N–H and O–H groups in total. The van der Waals surface area contributed by atoms with Gasteiger partial charge in [0, 0.05) is 17.9 Å². The van der Waals surface area contributed by atoms with Gasteiger partial charge in [-0.3, -0.25) is 9.59 Å². The van der Waals surface area contributed by atoms with Gasteiger partial charge >= 0.3 is 0 Å². The largest absolute Gasteiger partial charge is 0.324 e. The van der Waals surface area contributed by atoms with E-state index in [1.807, 2.05) is 42.5 Å². The number of anilines is 1. The lowest BCUT2D eigenvalue weighted by molar-refractivity contribution is -0.135. The van der Waals surface area contributed by atoms with Crippen LogP contribution in [0.15, 0.2) is 42.5 Å². The Labute approximate surface area is 139 Å². The van der Waals surface area contributed by atoms with Crippen LogP contribution in [-0.2, 0) is 9.59 Å². The van der Waals surface area contributed by atoms with Crippen molar-refractivity contribution in [1.82, 2.24) is 4.90 Å². The van der Waals surface area contributed by atoms with E-state index in [-0.39, 0.29) is 22.7 Å². The standard InChI is InChI=1S/C18H18N2O2S/c1-18-9-8-16(21)20(18)15(11-23-18)17(22)19-14-7-6-12-4-2-3-5-13(12)10-14/h2-7,10,15H,8-9,11H2,1H3,(H,19,22)/t15-,18+/m1/s1. The predicted molar refractivity (Wildman–Crippen MR) is 93.3 cm³/mol. The zero-order valence-electron chi connectivity index (χ0n) is 12.9. The van der Waals surface area contributed by atoms with Crippen LogP contribution in [0.2, 0.25) is 0 Å². The second kappa shape index (κ2) is 5.27. The summed E-state index contributed by atoms with van der Waals surface area (Å²) in [5, 5.41) is 5.21. The second-order valence-electron chi connectivity index (χ2n) is 6.32. The Bertz CT molecular complexity index is 806. The lowest BCUT2D eigenvalue weighted by Crippen LogP contribution is -2.48. The molecule has 2 fully saturated rings. The number of rotatable bonds is 2. The summed E-state index contributed by atoms with van der Waals surface area (Å²) >= 11 is 1.71. The average Bonchev–Trinajstić information content (AvgIpc) is 3.04. The van der Waals surface area contributed by atoms with Crippen molar-refractivity contribution >= 4 is 40.0 Å². The third kappa shape index (κ3) is 2.39. The van der Waals surface area contributed by atoms with Gasteiger partial charge in [-0.1, -0.05) is 30.3 Å². The monoisotopic (exact) mass is 326 g/mol. The number of hydrogen-bond donors (Lipinski definition) is 1. The molecule has 23 heavy (non-hydrogen) atoms. The maximum atomic E-state index is 12.7. The van der Waals surface area contributed by atoms with Crippen LogP contribution in [0, 0.1) is 0 Å². The van der Waals surface area contributed by atoms with Crippen LogP contribution in [0.3, 0.4) is 0 Å². The van der Waals surface area contributed by atoms with Gasteiger partial charge in [-0.25, -0.2) is 0 Å². The maximum absolute atomic E-state index is 12.7. The van der Waals surface area contributed by atoms with Gasteiger partial charge < -0.3 is 10.2 Å². The zero-order valence-corrected chi connectivity index (χ0v) is 13.7. The summed E-state index contributed by atoms with van der Waals surface area (Å²) in [7, 11) is 0. The summed E-state index contributed by atoms with van der Waals surface area (Å²) < 4.78 is 0. The van der Waals surface area contributed by atoms with Crippen LogP contribution in [0.5, 0.6) is 0 Å². The van der Waals surface area contributed by atoms with Gasteiger partial charge in [0.05, 0.1) is 4.87 Å². The second-order valence-corrected chi connectivity index (χ2v) is 7.82. The highest BCUT2D eigenvalue weighted by atomic mass is 32.2. The number of thioether (sulfide) groups is 1. The van der Waals surface area contributed by atoms with E-state index < -0.39 is 0 Å². The van der Waals surface area contributed by atoms with Gasteiger partial charge in [0.25, 0.3) is 0 Å². The molecule has 0 radical (unpaired) electrons. The normalized spacial score (nSPS) is 26.6. The topological polar surface area (TPSA) is 49.4 Å². The molecular weight excluding hydrogens is 308 g/mol. The van der Waals surface area contributed by atoms with Crippen molar-refractivity contribution in [3.63, 3.8) is 0 Å². The van der Waals surface area contributed by atoms with Gasteiger partial charge in [-0.2, -0.15) is 0 Å². The Hall–Kier alpha value is -2.01. The summed E-state index contributed by atoms with van der Waals surface area (Å²) in [5.41, 5.74) is 0.777. The number of benzene rings is 2. The van der Waals surface area contributed by atoms with Crippen molar-refractivity contribution in [2.24, 2.45) is 0 Å². The fourth-order valence-electron chi connectivity index (χ4n) is 3.51. The highest BCUT2D eigenvalue weighted by Crippen LogP contribution is 2.47. The smallest absolute Gasteiger partial charge is 0.248 e. The Kier molecular flexibility index (Phi) is 3.34. The molecule has 4 rings (SSSR count). The van der Waals surface area contributed by atoms with Crippen molar-refractivity contribution in [2.45, 2.75) is 30.7 Å². The Morgan fingerprint density at radius 1 is 1.26 bits per heavy atom. The van der Waals surface area contributed by atoms with Gasteiger partial charge in [-0.05, 0) is 36.2 Å². The van der Waals surface area contributed by atoms with E-state index in [2.05, 4.69) is 12.2 Å². The lowest BCUT2D eigenvalue weighted by Gasteiger charge is -2.29. The molecular formula is C18H18N2O2S. The van der Waals surface area contributed by atoms with Crippen molar-refractivity contribution in [3.05, 3.63) is 42.5 Å². The molecule has 0 unspecified atom stereocenters. The van der Waals surface area contributed by atoms with E-state index in [0.29, 0.717) is 12.2 Å². The van der Waals surface area contributed by atoms with E-state index in [9.17, 15) is 9.59 Å². The quantitative estimate of drug-likeness (QED) is 0.922. The van der Waals surface area contributed by atoms with Gasteiger partial charge in [0.2, 0.25) is 11.8 Å². The molecule has 2 aromatic carbocycles. The summed E-state index contributed by atoms with van der Waals surface area (Å²) in [6.07, 6.45) is 1.37. The number of amides is 2. The van der Waals surface area contributed by atoms with E-state index in [1.54, 1.807) is 16.7 Å². The van der Waals surface area contributed by atoms with Gasteiger partial charge in [0.15, 0.2) is 0 Å². The van der Waals surface area contributed by atoms with Crippen molar-refractivity contribution in [2.75, 3.05) is 11.1 Å². The minimum absolute atomic E-state index is 0.0910. The first kappa shape index (κ1) is 14.6. The highest BCUT2D eigenvalue weighted by Gasteiger charge is 2.52. The van der Waals surface area contributed by atoms with Crippen LogP contribution in [0.1, 0.15) is 19.8 Å². The van der Waals surface area contributed by atoms with Gasteiger partial charge in [-0.15, -0.1) is 11.8 Å². The Morgan fingerprint density at radius 2 is 2.04 bits per heavy atom. The van der Waals surface area contributed by atoms with Gasteiger partial charge in [0.1, 0.15) is 6.04 Å². The summed E-state index contributed by atoms with van der Waals surface area (Å²) in [4.78, 5) is 26.4. The van der Waals surface area contributed by atoms with E-state index in [1.165, 1.54) is 0 Å². The number of nitrogens with zero attached hydrogens (tertiary/aromatic N) is 1. The molecule has 2 atom stereocenters. The minimum atomic E-state index is -0.369. The first-order valence-corrected chi connectivity index (χ1v) is 8.81. The molecule has 0 bridgehead atoms. The molecule has 0 aromatic heterocycles. The average molecular weight is 326 g/mol. The van der Waals surface area contributed by atoms with Crippen LogP contribution < -0.4 is 5.32 Å². The first-order chi connectivity index (χ1) is 11.1. The number of nitrogens with one attached hydrogen (secondary N) is 1. The molecule has 2 heterocycles. The van der Waals surface area contributed by atoms with Crippen LogP contribution in [0.4, 0.5) is 5.69 Å².